The fourth-order valence-electron chi connectivity index (χ4n) is 8.33. The van der Waals surface area contributed by atoms with Crippen LogP contribution in [0.3, 0.4) is 0 Å². The van der Waals surface area contributed by atoms with Gasteiger partial charge in [-0.25, -0.2) is 0 Å². The number of hydrogen-bond donors (Lipinski definition) is 1. The third-order valence-corrected chi connectivity index (χ3v) is 9.85. The van der Waals surface area contributed by atoms with E-state index < -0.39 is 18.0 Å². The Labute approximate surface area is 189 Å². The highest BCUT2D eigenvalue weighted by molar-refractivity contribution is 5.66. The maximum atomic E-state index is 12.2. The Morgan fingerprint density at radius 1 is 1.16 bits per heavy atom. The molecule has 0 aromatic carbocycles. The van der Waals surface area contributed by atoms with Gasteiger partial charge < -0.3 is 33.5 Å². The Hall–Kier alpha value is -0.770. The number of aliphatic hydroxyl groups is 1. The SMILES string of the molecule is CCOC1O[C@@H]2C[C@@H]3[C@@](C)([C@@H]4C[C@H]5C[C@@H](O)O[C@H]5O4)[C@H](C)C[C@H](OC(C)=O)[C@]13[C@@]1(CO1)C2. The number of esters is 1. The van der Waals surface area contributed by atoms with E-state index in [1.165, 1.54) is 6.92 Å². The van der Waals surface area contributed by atoms with Gasteiger partial charge >= 0.3 is 5.97 Å². The lowest BCUT2D eigenvalue weighted by molar-refractivity contribution is -0.384. The molecule has 0 aromatic rings. The van der Waals surface area contributed by atoms with Gasteiger partial charge in [-0.1, -0.05) is 13.8 Å². The number of aliphatic hydroxyl groups excluding tert-OH is 1. The summed E-state index contributed by atoms with van der Waals surface area (Å²) >= 11 is 0. The summed E-state index contributed by atoms with van der Waals surface area (Å²) in [5.41, 5.74) is -1.13. The lowest BCUT2D eigenvalue weighted by Gasteiger charge is -2.69. The Bertz CT molecular complexity index is 770. The molecule has 5 heterocycles. The van der Waals surface area contributed by atoms with Crippen LogP contribution in [0.2, 0.25) is 0 Å². The van der Waals surface area contributed by atoms with Crippen LogP contribution in [0.5, 0.6) is 0 Å². The minimum atomic E-state index is -0.730. The Kier molecular flexibility index (Phi) is 4.84. The van der Waals surface area contributed by atoms with Crippen molar-refractivity contribution in [3.05, 3.63) is 0 Å². The molecule has 8 heteroatoms. The van der Waals surface area contributed by atoms with Crippen LogP contribution in [0.1, 0.15) is 59.8 Å². The molecule has 2 bridgehead atoms. The van der Waals surface area contributed by atoms with Crippen LogP contribution in [-0.2, 0) is 33.2 Å². The number of hydrogen-bond acceptors (Lipinski definition) is 8. The van der Waals surface area contributed by atoms with E-state index in [-0.39, 0.29) is 59.3 Å². The van der Waals surface area contributed by atoms with Crippen molar-refractivity contribution in [2.45, 2.75) is 103 Å². The molecule has 0 radical (unpaired) electrons. The van der Waals surface area contributed by atoms with Crippen molar-refractivity contribution in [3.63, 3.8) is 0 Å². The predicted octanol–water partition coefficient (Wildman–Crippen LogP) is 2.36. The summed E-state index contributed by atoms with van der Waals surface area (Å²) in [7, 11) is 0. The quantitative estimate of drug-likeness (QED) is 0.513. The van der Waals surface area contributed by atoms with E-state index in [4.69, 9.17) is 28.4 Å². The highest BCUT2D eigenvalue weighted by Gasteiger charge is 2.82. The van der Waals surface area contributed by atoms with Crippen molar-refractivity contribution in [1.29, 1.82) is 0 Å². The highest BCUT2D eigenvalue weighted by Crippen LogP contribution is 2.74. The lowest BCUT2D eigenvalue weighted by Crippen LogP contribution is -2.76. The van der Waals surface area contributed by atoms with Gasteiger partial charge in [0.2, 0.25) is 0 Å². The van der Waals surface area contributed by atoms with Crippen LogP contribution in [-0.4, -0.2) is 67.1 Å². The molecule has 12 atom stereocenters. The average Bonchev–Trinajstić information content (AvgIpc) is 3.21. The number of carbonyl (C=O) groups excluding carboxylic acids is 1. The average molecular weight is 453 g/mol. The molecular weight excluding hydrogens is 416 g/mol. The van der Waals surface area contributed by atoms with Crippen LogP contribution in [0.4, 0.5) is 0 Å². The minimum Gasteiger partial charge on any atom is -0.462 e. The molecule has 2 spiro atoms. The summed E-state index contributed by atoms with van der Waals surface area (Å²) in [5.74, 6) is 0.357. The fraction of sp³-hybridized carbons (Fsp3) is 0.958. The third-order valence-electron chi connectivity index (χ3n) is 9.85. The molecule has 180 valence electrons. The molecule has 5 aliphatic heterocycles. The van der Waals surface area contributed by atoms with E-state index >= 15 is 0 Å². The predicted molar refractivity (Wildman–Crippen MR) is 110 cm³/mol. The van der Waals surface area contributed by atoms with Gasteiger partial charge in [0.05, 0.1) is 24.2 Å². The van der Waals surface area contributed by atoms with E-state index in [1.54, 1.807) is 0 Å². The normalized spacial score (nSPS) is 58.0. The molecule has 32 heavy (non-hydrogen) atoms. The van der Waals surface area contributed by atoms with Gasteiger partial charge in [0.15, 0.2) is 18.9 Å². The topological polar surface area (TPSA) is 96.0 Å². The first-order chi connectivity index (χ1) is 15.2. The minimum absolute atomic E-state index is 0.00224. The van der Waals surface area contributed by atoms with E-state index in [0.29, 0.717) is 26.1 Å². The number of ether oxygens (including phenoxy) is 6. The molecule has 2 aliphatic carbocycles. The highest BCUT2D eigenvalue weighted by atomic mass is 16.7. The molecule has 2 saturated carbocycles. The molecule has 0 amide bonds. The smallest absolute Gasteiger partial charge is 0.302 e. The number of rotatable bonds is 4. The van der Waals surface area contributed by atoms with E-state index in [0.717, 1.165) is 19.3 Å². The van der Waals surface area contributed by atoms with E-state index in [9.17, 15) is 9.90 Å². The Morgan fingerprint density at radius 3 is 2.59 bits per heavy atom. The van der Waals surface area contributed by atoms with Gasteiger partial charge in [-0.3, -0.25) is 4.79 Å². The summed E-state index contributed by atoms with van der Waals surface area (Å²) in [6.07, 6.45) is 2.10. The van der Waals surface area contributed by atoms with Crippen molar-refractivity contribution in [2.24, 2.45) is 28.6 Å². The Balaban J connectivity index is 1.44. The van der Waals surface area contributed by atoms with Gasteiger partial charge in [0, 0.05) is 37.7 Å². The van der Waals surface area contributed by atoms with Gasteiger partial charge in [-0.15, -0.1) is 0 Å². The van der Waals surface area contributed by atoms with Crippen LogP contribution in [0.15, 0.2) is 0 Å². The first kappa shape index (κ1) is 21.7. The van der Waals surface area contributed by atoms with Crippen LogP contribution >= 0.6 is 0 Å². The molecule has 0 aromatic heterocycles. The van der Waals surface area contributed by atoms with E-state index in [1.807, 2.05) is 6.92 Å². The van der Waals surface area contributed by atoms with E-state index in [2.05, 4.69) is 13.8 Å². The summed E-state index contributed by atoms with van der Waals surface area (Å²) in [4.78, 5) is 12.2. The molecule has 7 fully saturated rings. The van der Waals surface area contributed by atoms with Gasteiger partial charge in [-0.05, 0) is 38.0 Å². The molecule has 1 N–H and O–H groups in total. The van der Waals surface area contributed by atoms with Gasteiger partial charge in [0.25, 0.3) is 0 Å². The van der Waals surface area contributed by atoms with Crippen molar-refractivity contribution in [3.8, 4) is 0 Å². The zero-order valence-electron chi connectivity index (χ0n) is 19.5. The van der Waals surface area contributed by atoms with Crippen LogP contribution < -0.4 is 0 Å². The fourth-order valence-corrected chi connectivity index (χ4v) is 8.33. The second-order valence-corrected chi connectivity index (χ2v) is 11.2. The van der Waals surface area contributed by atoms with Crippen molar-refractivity contribution < 1.29 is 38.3 Å². The van der Waals surface area contributed by atoms with Crippen LogP contribution in [0.25, 0.3) is 0 Å². The summed E-state index contributed by atoms with van der Waals surface area (Å²) in [6.45, 7) is 9.25. The third kappa shape index (κ3) is 2.68. The maximum absolute atomic E-state index is 12.2. The lowest BCUT2D eigenvalue weighted by atomic mass is 9.40. The molecule has 8 nitrogen and oxygen atoms in total. The van der Waals surface area contributed by atoms with Gasteiger partial charge in [0.1, 0.15) is 11.7 Å². The number of carbonyl (C=O) groups is 1. The molecular formula is C24H36O8. The van der Waals surface area contributed by atoms with Crippen molar-refractivity contribution in [2.75, 3.05) is 13.2 Å². The molecule has 7 rings (SSSR count). The standard InChI is InChI=1S/C24H36O8/c1-5-27-21-24-16(9-15(30-21)10-23(24)11-28-23)22(4,12(2)6-18(24)29-13(3)25)17-7-14-8-19(26)32-20(14)31-17/h12,14-21,26H,5-11H2,1-4H3/t12-,14+,15-,16-,17+,18+,19+,20-,21?,22+,23+,24+/m1/s1. The summed E-state index contributed by atoms with van der Waals surface area (Å²) in [5, 5.41) is 9.91. The summed E-state index contributed by atoms with van der Waals surface area (Å²) in [6, 6.07) is 0. The zero-order chi connectivity index (χ0) is 22.5. The van der Waals surface area contributed by atoms with Crippen LogP contribution in [0, 0.1) is 28.6 Å². The van der Waals surface area contributed by atoms with Crippen molar-refractivity contribution >= 4 is 5.97 Å². The second-order valence-electron chi connectivity index (χ2n) is 11.2. The Morgan fingerprint density at radius 2 is 1.94 bits per heavy atom. The molecule has 1 unspecified atom stereocenters. The first-order valence-electron chi connectivity index (χ1n) is 12.3. The molecule has 5 saturated heterocycles. The number of epoxide rings is 1. The van der Waals surface area contributed by atoms with Gasteiger partial charge in [-0.2, -0.15) is 0 Å². The first-order valence-corrected chi connectivity index (χ1v) is 12.3. The maximum Gasteiger partial charge on any atom is 0.302 e. The number of fused-ring (bicyclic) bond motifs is 2. The summed E-state index contributed by atoms with van der Waals surface area (Å²) < 4.78 is 37.2. The zero-order valence-corrected chi connectivity index (χ0v) is 19.5. The van der Waals surface area contributed by atoms with Crippen molar-refractivity contribution in [1.82, 2.24) is 0 Å². The molecule has 7 aliphatic rings. The monoisotopic (exact) mass is 452 g/mol. The second kappa shape index (κ2) is 7.12. The largest absolute Gasteiger partial charge is 0.462 e.